The maximum Gasteiger partial charge on any atom is 0.337 e. The SMILES string of the molecule is COC(=O)c1ccc(OC/C(C)=C/C(=O)C=C(C)C)c(OC)c1. The molecule has 1 aromatic carbocycles. The summed E-state index contributed by atoms with van der Waals surface area (Å²) in [6.45, 7) is 5.79. The number of allylic oxidation sites excluding steroid dienone is 3. The minimum Gasteiger partial charge on any atom is -0.493 e. The quantitative estimate of drug-likeness (QED) is 0.570. The summed E-state index contributed by atoms with van der Waals surface area (Å²) in [4.78, 5) is 23.2. The van der Waals surface area contributed by atoms with E-state index in [2.05, 4.69) is 4.74 Å². The van der Waals surface area contributed by atoms with Crippen LogP contribution in [-0.2, 0) is 9.53 Å². The number of benzene rings is 1. The number of carbonyl (C=O) groups is 2. The average molecular weight is 318 g/mol. The van der Waals surface area contributed by atoms with E-state index in [1.54, 1.807) is 24.3 Å². The molecule has 5 heteroatoms. The van der Waals surface area contributed by atoms with E-state index in [1.807, 2.05) is 20.8 Å². The molecule has 0 aromatic heterocycles. The molecule has 0 aliphatic heterocycles. The van der Waals surface area contributed by atoms with Crippen molar-refractivity contribution < 1.29 is 23.8 Å². The van der Waals surface area contributed by atoms with E-state index in [0.29, 0.717) is 17.1 Å². The Hall–Kier alpha value is -2.56. The fourth-order valence-corrected chi connectivity index (χ4v) is 1.83. The Morgan fingerprint density at radius 2 is 1.74 bits per heavy atom. The fourth-order valence-electron chi connectivity index (χ4n) is 1.83. The van der Waals surface area contributed by atoms with Crippen molar-refractivity contribution in [1.82, 2.24) is 0 Å². The van der Waals surface area contributed by atoms with Crippen molar-refractivity contribution in [3.8, 4) is 11.5 Å². The van der Waals surface area contributed by atoms with Gasteiger partial charge in [-0.3, -0.25) is 4.79 Å². The van der Waals surface area contributed by atoms with Gasteiger partial charge >= 0.3 is 5.97 Å². The van der Waals surface area contributed by atoms with Crippen LogP contribution in [0.1, 0.15) is 31.1 Å². The van der Waals surface area contributed by atoms with Crippen molar-refractivity contribution in [2.24, 2.45) is 0 Å². The van der Waals surface area contributed by atoms with Gasteiger partial charge in [0.25, 0.3) is 0 Å². The van der Waals surface area contributed by atoms with Crippen LogP contribution in [0.2, 0.25) is 0 Å². The second-order valence-corrected chi connectivity index (χ2v) is 5.26. The molecule has 1 rings (SSSR count). The first-order valence-corrected chi connectivity index (χ1v) is 7.12. The van der Waals surface area contributed by atoms with Gasteiger partial charge in [-0.2, -0.15) is 0 Å². The molecule has 0 aliphatic carbocycles. The monoisotopic (exact) mass is 318 g/mol. The van der Waals surface area contributed by atoms with Crippen LogP contribution < -0.4 is 9.47 Å². The number of rotatable bonds is 7. The molecule has 0 heterocycles. The smallest absolute Gasteiger partial charge is 0.337 e. The molecule has 0 radical (unpaired) electrons. The molecule has 0 bridgehead atoms. The summed E-state index contributed by atoms with van der Waals surface area (Å²) in [5.41, 5.74) is 2.11. The number of esters is 1. The summed E-state index contributed by atoms with van der Waals surface area (Å²) < 4.78 is 15.5. The molecule has 0 saturated carbocycles. The van der Waals surface area contributed by atoms with Crippen molar-refractivity contribution >= 4 is 11.8 Å². The lowest BCUT2D eigenvalue weighted by Crippen LogP contribution is -2.05. The summed E-state index contributed by atoms with van der Waals surface area (Å²) in [6, 6.07) is 4.78. The first-order chi connectivity index (χ1) is 10.9. The van der Waals surface area contributed by atoms with Gasteiger partial charge in [-0.25, -0.2) is 4.79 Å². The molecule has 0 spiro atoms. The Kier molecular flexibility index (Phi) is 7.06. The van der Waals surface area contributed by atoms with Gasteiger partial charge in [0.1, 0.15) is 6.61 Å². The third-order valence-electron chi connectivity index (χ3n) is 2.86. The van der Waals surface area contributed by atoms with E-state index in [-0.39, 0.29) is 12.4 Å². The first-order valence-electron chi connectivity index (χ1n) is 7.12. The number of methoxy groups -OCH3 is 2. The van der Waals surface area contributed by atoms with Crippen molar-refractivity contribution in [2.75, 3.05) is 20.8 Å². The van der Waals surface area contributed by atoms with Crippen LogP contribution in [0.3, 0.4) is 0 Å². The average Bonchev–Trinajstić information content (AvgIpc) is 2.50. The van der Waals surface area contributed by atoms with Crippen molar-refractivity contribution in [2.45, 2.75) is 20.8 Å². The second kappa shape index (κ2) is 8.78. The normalized spacial score (nSPS) is 10.7. The molecule has 23 heavy (non-hydrogen) atoms. The van der Waals surface area contributed by atoms with E-state index < -0.39 is 5.97 Å². The Morgan fingerprint density at radius 3 is 2.30 bits per heavy atom. The largest absolute Gasteiger partial charge is 0.493 e. The van der Waals surface area contributed by atoms with E-state index in [4.69, 9.17) is 9.47 Å². The Balaban J connectivity index is 2.81. The zero-order valence-corrected chi connectivity index (χ0v) is 14.1. The summed E-state index contributed by atoms with van der Waals surface area (Å²) in [7, 11) is 2.81. The summed E-state index contributed by atoms with van der Waals surface area (Å²) in [6.07, 6.45) is 3.09. The lowest BCUT2D eigenvalue weighted by Gasteiger charge is -2.11. The van der Waals surface area contributed by atoms with Gasteiger partial charge in [0.2, 0.25) is 0 Å². The van der Waals surface area contributed by atoms with Crippen LogP contribution in [0.4, 0.5) is 0 Å². The molecular formula is C18H22O5. The predicted octanol–water partition coefficient (Wildman–Crippen LogP) is 3.34. The second-order valence-electron chi connectivity index (χ2n) is 5.26. The number of ketones is 1. The molecule has 0 saturated heterocycles. The van der Waals surface area contributed by atoms with Gasteiger partial charge in [0, 0.05) is 0 Å². The van der Waals surface area contributed by atoms with E-state index >= 15 is 0 Å². The van der Waals surface area contributed by atoms with Gasteiger partial charge in [0.05, 0.1) is 19.8 Å². The third kappa shape index (κ3) is 5.98. The highest BCUT2D eigenvalue weighted by molar-refractivity contribution is 6.00. The van der Waals surface area contributed by atoms with Crippen LogP contribution in [0, 0.1) is 0 Å². The van der Waals surface area contributed by atoms with Gasteiger partial charge in [0.15, 0.2) is 17.3 Å². The Labute approximate surface area is 136 Å². The van der Waals surface area contributed by atoms with Crippen molar-refractivity contribution in [3.63, 3.8) is 0 Å². The van der Waals surface area contributed by atoms with Crippen LogP contribution in [0.15, 0.2) is 41.5 Å². The fraction of sp³-hybridized carbons (Fsp3) is 0.333. The number of ether oxygens (including phenoxy) is 3. The topological polar surface area (TPSA) is 61.8 Å². The maximum absolute atomic E-state index is 11.7. The predicted molar refractivity (Wildman–Crippen MR) is 88.0 cm³/mol. The first kappa shape index (κ1) is 18.5. The molecule has 0 amide bonds. The minimum absolute atomic E-state index is 0.0703. The highest BCUT2D eigenvalue weighted by Gasteiger charge is 2.11. The molecule has 124 valence electrons. The lowest BCUT2D eigenvalue weighted by molar-refractivity contribution is -0.110. The lowest BCUT2D eigenvalue weighted by atomic mass is 10.2. The number of carbonyl (C=O) groups excluding carboxylic acids is 2. The Morgan fingerprint density at radius 1 is 1.04 bits per heavy atom. The third-order valence-corrected chi connectivity index (χ3v) is 2.86. The summed E-state index contributed by atoms with van der Waals surface area (Å²) >= 11 is 0. The molecule has 0 atom stereocenters. The Bertz CT molecular complexity index is 637. The summed E-state index contributed by atoms with van der Waals surface area (Å²) in [5, 5.41) is 0. The number of hydrogen-bond donors (Lipinski definition) is 0. The molecule has 5 nitrogen and oxygen atoms in total. The molecule has 0 N–H and O–H groups in total. The van der Waals surface area contributed by atoms with Crippen LogP contribution in [-0.4, -0.2) is 32.6 Å². The summed E-state index contributed by atoms with van der Waals surface area (Å²) in [5.74, 6) is 0.399. The molecular weight excluding hydrogens is 296 g/mol. The van der Waals surface area contributed by atoms with Crippen LogP contribution in [0.25, 0.3) is 0 Å². The zero-order valence-electron chi connectivity index (χ0n) is 14.1. The van der Waals surface area contributed by atoms with Gasteiger partial charge in [-0.1, -0.05) is 5.57 Å². The van der Waals surface area contributed by atoms with Gasteiger partial charge in [-0.15, -0.1) is 0 Å². The molecule has 0 fully saturated rings. The standard InChI is InChI=1S/C18H22O5/c1-12(2)8-15(19)9-13(3)11-23-16-7-6-14(18(20)22-5)10-17(16)21-4/h6-10H,11H2,1-5H3/b13-9+. The van der Waals surface area contributed by atoms with Crippen LogP contribution >= 0.6 is 0 Å². The molecule has 0 unspecified atom stereocenters. The van der Waals surface area contributed by atoms with Gasteiger partial charge < -0.3 is 14.2 Å². The molecule has 1 aromatic rings. The van der Waals surface area contributed by atoms with E-state index in [1.165, 1.54) is 20.3 Å². The van der Waals surface area contributed by atoms with Crippen molar-refractivity contribution in [1.29, 1.82) is 0 Å². The highest BCUT2D eigenvalue weighted by atomic mass is 16.5. The number of hydrogen-bond acceptors (Lipinski definition) is 5. The minimum atomic E-state index is -0.446. The van der Waals surface area contributed by atoms with Crippen molar-refractivity contribution in [3.05, 3.63) is 47.1 Å². The van der Waals surface area contributed by atoms with E-state index in [0.717, 1.165) is 11.1 Å². The highest BCUT2D eigenvalue weighted by Crippen LogP contribution is 2.28. The maximum atomic E-state index is 11.7. The van der Waals surface area contributed by atoms with E-state index in [9.17, 15) is 9.59 Å². The van der Waals surface area contributed by atoms with Gasteiger partial charge in [-0.05, 0) is 56.7 Å². The van der Waals surface area contributed by atoms with Crippen LogP contribution in [0.5, 0.6) is 11.5 Å². The zero-order chi connectivity index (χ0) is 17.4. The molecule has 0 aliphatic rings.